The standard InChI is InChI=1S/C14H12Cl2N4/c15-4-1-5-20-9-11(8-18-20)10-6-13-12(17-7-10)2-3-14(16)19-13/h2-3,6-9H,1,4-5H2. The minimum Gasteiger partial charge on any atom is -0.272 e. The first-order valence-electron chi connectivity index (χ1n) is 6.27. The van der Waals surface area contributed by atoms with Crippen molar-refractivity contribution >= 4 is 34.2 Å². The largest absolute Gasteiger partial charge is 0.272 e. The highest BCUT2D eigenvalue weighted by molar-refractivity contribution is 6.29. The minimum atomic E-state index is 0.467. The summed E-state index contributed by atoms with van der Waals surface area (Å²) in [4.78, 5) is 8.67. The maximum absolute atomic E-state index is 5.91. The highest BCUT2D eigenvalue weighted by atomic mass is 35.5. The molecule has 4 nitrogen and oxygen atoms in total. The van der Waals surface area contributed by atoms with E-state index in [1.165, 1.54) is 0 Å². The fourth-order valence-electron chi connectivity index (χ4n) is 2.00. The first kappa shape index (κ1) is 13.3. The van der Waals surface area contributed by atoms with Gasteiger partial charge in [0.15, 0.2) is 0 Å². The van der Waals surface area contributed by atoms with Crippen LogP contribution in [0, 0.1) is 0 Å². The van der Waals surface area contributed by atoms with Crippen molar-refractivity contribution < 1.29 is 0 Å². The fourth-order valence-corrected chi connectivity index (χ4v) is 2.27. The molecule has 0 spiro atoms. The first-order valence-corrected chi connectivity index (χ1v) is 7.18. The molecule has 3 aromatic rings. The number of hydrogen-bond donors (Lipinski definition) is 0. The Bertz CT molecular complexity index is 739. The van der Waals surface area contributed by atoms with Gasteiger partial charge < -0.3 is 0 Å². The van der Waals surface area contributed by atoms with Gasteiger partial charge in [0.25, 0.3) is 0 Å². The monoisotopic (exact) mass is 306 g/mol. The third-order valence-electron chi connectivity index (χ3n) is 2.99. The maximum atomic E-state index is 5.91. The van der Waals surface area contributed by atoms with Gasteiger partial charge in [0.2, 0.25) is 0 Å². The second kappa shape index (κ2) is 5.77. The lowest BCUT2D eigenvalue weighted by atomic mass is 10.1. The van der Waals surface area contributed by atoms with Gasteiger partial charge in [0, 0.05) is 35.9 Å². The van der Waals surface area contributed by atoms with Crippen LogP contribution >= 0.6 is 23.2 Å². The van der Waals surface area contributed by atoms with Gasteiger partial charge in [-0.1, -0.05) is 11.6 Å². The third-order valence-corrected chi connectivity index (χ3v) is 3.47. The van der Waals surface area contributed by atoms with Crippen molar-refractivity contribution in [2.45, 2.75) is 13.0 Å². The van der Waals surface area contributed by atoms with E-state index in [2.05, 4.69) is 15.1 Å². The Morgan fingerprint density at radius 2 is 2.00 bits per heavy atom. The number of rotatable bonds is 4. The number of nitrogens with zero attached hydrogens (tertiary/aromatic N) is 4. The summed E-state index contributed by atoms with van der Waals surface area (Å²) in [5.74, 6) is 0.634. The van der Waals surface area contributed by atoms with Crippen LogP contribution in [-0.4, -0.2) is 25.6 Å². The zero-order valence-electron chi connectivity index (χ0n) is 10.6. The normalized spacial score (nSPS) is 11.1. The Balaban J connectivity index is 1.95. The Labute approximate surface area is 126 Å². The van der Waals surface area contributed by atoms with Crippen LogP contribution in [0.2, 0.25) is 5.15 Å². The number of fused-ring (bicyclic) bond motifs is 1. The molecule has 0 saturated carbocycles. The fraction of sp³-hybridized carbons (Fsp3) is 0.214. The number of pyridine rings is 2. The van der Waals surface area contributed by atoms with Gasteiger partial charge in [-0.2, -0.15) is 5.10 Å². The Morgan fingerprint density at radius 3 is 2.85 bits per heavy atom. The smallest absolute Gasteiger partial charge is 0.129 e. The van der Waals surface area contributed by atoms with Crippen LogP contribution in [0.5, 0.6) is 0 Å². The summed E-state index contributed by atoms with van der Waals surface area (Å²) in [7, 11) is 0. The number of hydrogen-bond acceptors (Lipinski definition) is 3. The van der Waals surface area contributed by atoms with Crippen molar-refractivity contribution in [2.75, 3.05) is 5.88 Å². The molecule has 0 fully saturated rings. The molecule has 0 aliphatic heterocycles. The summed E-state index contributed by atoms with van der Waals surface area (Å²) in [5, 5.41) is 4.78. The Hall–Kier alpha value is -1.65. The van der Waals surface area contributed by atoms with Crippen LogP contribution < -0.4 is 0 Å². The van der Waals surface area contributed by atoms with Gasteiger partial charge >= 0.3 is 0 Å². The predicted octanol–water partition coefficient (Wildman–Crippen LogP) is 3.78. The molecule has 0 unspecified atom stereocenters. The van der Waals surface area contributed by atoms with E-state index in [-0.39, 0.29) is 0 Å². The predicted molar refractivity (Wildman–Crippen MR) is 81.1 cm³/mol. The summed E-state index contributed by atoms with van der Waals surface area (Å²) in [6.45, 7) is 0.814. The quantitative estimate of drug-likeness (QED) is 0.544. The SMILES string of the molecule is ClCCCn1cc(-c2cnc3ccc(Cl)nc3c2)cn1. The van der Waals surface area contributed by atoms with Gasteiger partial charge in [0.1, 0.15) is 5.15 Å². The molecule has 3 rings (SSSR count). The maximum Gasteiger partial charge on any atom is 0.129 e. The summed E-state index contributed by atoms with van der Waals surface area (Å²) in [6, 6.07) is 5.57. The third kappa shape index (κ3) is 2.76. The molecule has 0 aliphatic rings. The first-order chi connectivity index (χ1) is 9.76. The second-order valence-corrected chi connectivity index (χ2v) is 5.20. The van der Waals surface area contributed by atoms with Crippen LogP contribution in [0.25, 0.3) is 22.2 Å². The van der Waals surface area contributed by atoms with Crippen LogP contribution in [0.4, 0.5) is 0 Å². The van der Waals surface area contributed by atoms with E-state index >= 15 is 0 Å². The van der Waals surface area contributed by atoms with Crippen molar-refractivity contribution in [3.63, 3.8) is 0 Å². The minimum absolute atomic E-state index is 0.467. The van der Waals surface area contributed by atoms with Crippen molar-refractivity contribution in [3.8, 4) is 11.1 Å². The zero-order chi connectivity index (χ0) is 13.9. The molecule has 20 heavy (non-hydrogen) atoms. The van der Waals surface area contributed by atoms with Crippen molar-refractivity contribution in [3.05, 3.63) is 41.9 Å². The van der Waals surface area contributed by atoms with E-state index in [4.69, 9.17) is 23.2 Å². The summed E-state index contributed by atoms with van der Waals surface area (Å²) in [6.07, 6.45) is 6.53. The molecule has 0 aliphatic carbocycles. The molecular formula is C14H12Cl2N4. The molecule has 3 aromatic heterocycles. The molecule has 0 bridgehead atoms. The second-order valence-electron chi connectivity index (χ2n) is 4.43. The zero-order valence-corrected chi connectivity index (χ0v) is 12.1. The van der Waals surface area contributed by atoms with Gasteiger partial charge in [-0.05, 0) is 24.6 Å². The molecule has 0 aromatic carbocycles. The highest BCUT2D eigenvalue weighted by Crippen LogP contribution is 2.22. The van der Waals surface area contributed by atoms with E-state index in [0.29, 0.717) is 11.0 Å². The molecule has 3 heterocycles. The Morgan fingerprint density at radius 1 is 1.10 bits per heavy atom. The van der Waals surface area contributed by atoms with Crippen molar-refractivity contribution in [1.29, 1.82) is 0 Å². The summed E-state index contributed by atoms with van der Waals surface area (Å²) >= 11 is 11.6. The Kier molecular flexibility index (Phi) is 3.85. The molecule has 0 radical (unpaired) electrons. The van der Waals surface area contributed by atoms with Crippen LogP contribution in [0.3, 0.4) is 0 Å². The van der Waals surface area contributed by atoms with E-state index < -0.39 is 0 Å². The number of aryl methyl sites for hydroxylation is 1. The molecule has 102 valence electrons. The molecular weight excluding hydrogens is 295 g/mol. The van der Waals surface area contributed by atoms with Gasteiger partial charge in [-0.15, -0.1) is 11.6 Å². The van der Waals surface area contributed by atoms with E-state index in [9.17, 15) is 0 Å². The van der Waals surface area contributed by atoms with Gasteiger partial charge in [0.05, 0.1) is 17.2 Å². The average molecular weight is 307 g/mol. The van der Waals surface area contributed by atoms with E-state index in [1.54, 1.807) is 6.07 Å². The van der Waals surface area contributed by atoms with Gasteiger partial charge in [-0.25, -0.2) is 4.98 Å². The lowest BCUT2D eigenvalue weighted by Crippen LogP contribution is -1.98. The molecule has 0 atom stereocenters. The summed E-state index contributed by atoms with van der Waals surface area (Å²) in [5.41, 5.74) is 3.59. The lowest BCUT2D eigenvalue weighted by Gasteiger charge is -2.01. The molecule has 6 heteroatoms. The molecule has 0 amide bonds. The van der Waals surface area contributed by atoms with E-state index in [0.717, 1.165) is 35.1 Å². The van der Waals surface area contributed by atoms with Gasteiger partial charge in [-0.3, -0.25) is 9.67 Å². The van der Waals surface area contributed by atoms with Crippen molar-refractivity contribution in [2.24, 2.45) is 0 Å². The number of halogens is 2. The topological polar surface area (TPSA) is 43.6 Å². The van der Waals surface area contributed by atoms with Crippen LogP contribution in [0.1, 0.15) is 6.42 Å². The van der Waals surface area contributed by atoms with Crippen LogP contribution in [0.15, 0.2) is 36.8 Å². The number of alkyl halides is 1. The molecule has 0 N–H and O–H groups in total. The van der Waals surface area contributed by atoms with Crippen molar-refractivity contribution in [1.82, 2.24) is 19.7 Å². The average Bonchev–Trinajstić information content (AvgIpc) is 2.93. The number of aromatic nitrogens is 4. The lowest BCUT2D eigenvalue weighted by molar-refractivity contribution is 0.605. The van der Waals surface area contributed by atoms with Crippen LogP contribution in [-0.2, 0) is 6.54 Å². The molecule has 0 saturated heterocycles. The summed E-state index contributed by atoms with van der Waals surface area (Å²) < 4.78 is 1.88. The highest BCUT2D eigenvalue weighted by Gasteiger charge is 2.05. The van der Waals surface area contributed by atoms with E-state index in [1.807, 2.05) is 35.4 Å².